The molecule has 168 valence electrons. The van der Waals surface area contributed by atoms with E-state index in [-0.39, 0.29) is 10.9 Å². The smallest absolute Gasteiger partial charge is 0.121 e. The van der Waals surface area contributed by atoms with Crippen LogP contribution in [0.4, 0.5) is 0 Å². The molecule has 35 heavy (non-hydrogen) atoms. The van der Waals surface area contributed by atoms with Crippen molar-refractivity contribution in [3.8, 4) is 0 Å². The minimum absolute atomic E-state index is 0.109. The summed E-state index contributed by atoms with van der Waals surface area (Å²) in [6, 6.07) is 50.7. The SMILES string of the molecule is c1ccc([S+](c2ccccc2)c2ccc(SCc3c4ccccc4cc4ccccc34)cc2)cc1. The monoisotopic (exact) mass is 485 g/mol. The standard InChI is InChI=1S/C33H25S2/c1-3-13-28(14-4-1)35(29-15-5-2-6-16-29)30-21-19-27(20-22-30)34-24-33-31-17-9-7-11-25(31)23-26-12-8-10-18-32(26)33/h1-23H,24H2/q+1. The normalized spacial score (nSPS) is 11.3. The topological polar surface area (TPSA) is 0 Å². The van der Waals surface area contributed by atoms with Crippen LogP contribution in [-0.4, -0.2) is 0 Å². The van der Waals surface area contributed by atoms with Gasteiger partial charge in [0.15, 0.2) is 14.7 Å². The van der Waals surface area contributed by atoms with E-state index in [1.54, 1.807) is 0 Å². The van der Waals surface area contributed by atoms with Crippen molar-refractivity contribution in [2.45, 2.75) is 25.3 Å². The summed E-state index contributed by atoms with van der Waals surface area (Å²) in [7, 11) is -0.109. The Morgan fingerprint density at radius 3 is 1.46 bits per heavy atom. The van der Waals surface area contributed by atoms with Crippen molar-refractivity contribution >= 4 is 44.2 Å². The van der Waals surface area contributed by atoms with Crippen LogP contribution in [0.2, 0.25) is 0 Å². The molecule has 0 unspecified atom stereocenters. The molecule has 0 heterocycles. The molecule has 0 nitrogen and oxygen atoms in total. The third-order valence-corrected chi connectivity index (χ3v) is 9.55. The summed E-state index contributed by atoms with van der Waals surface area (Å²) in [5, 5.41) is 5.33. The molecule has 6 rings (SSSR count). The number of hydrogen-bond donors (Lipinski definition) is 0. The molecule has 0 radical (unpaired) electrons. The van der Waals surface area contributed by atoms with E-state index in [9.17, 15) is 0 Å². The molecule has 0 aliphatic rings. The molecule has 0 aliphatic carbocycles. The van der Waals surface area contributed by atoms with E-state index in [0.29, 0.717) is 0 Å². The van der Waals surface area contributed by atoms with E-state index in [0.717, 1.165) is 5.75 Å². The van der Waals surface area contributed by atoms with Crippen LogP contribution in [0.3, 0.4) is 0 Å². The van der Waals surface area contributed by atoms with Crippen LogP contribution in [0.25, 0.3) is 21.5 Å². The van der Waals surface area contributed by atoms with Crippen LogP contribution in [-0.2, 0) is 16.6 Å². The van der Waals surface area contributed by atoms with Crippen molar-refractivity contribution in [1.82, 2.24) is 0 Å². The van der Waals surface area contributed by atoms with E-state index >= 15 is 0 Å². The first-order chi connectivity index (χ1) is 17.4. The zero-order valence-electron chi connectivity index (χ0n) is 19.3. The fourth-order valence-corrected chi connectivity index (χ4v) is 7.65. The predicted octanol–water partition coefficient (Wildman–Crippen LogP) is 9.38. The van der Waals surface area contributed by atoms with Gasteiger partial charge in [0.2, 0.25) is 0 Å². The Labute approximate surface area is 214 Å². The van der Waals surface area contributed by atoms with Gasteiger partial charge in [0.1, 0.15) is 0 Å². The van der Waals surface area contributed by atoms with Crippen molar-refractivity contribution < 1.29 is 0 Å². The van der Waals surface area contributed by atoms with Crippen LogP contribution in [0, 0.1) is 0 Å². The van der Waals surface area contributed by atoms with Crippen molar-refractivity contribution in [3.63, 3.8) is 0 Å². The van der Waals surface area contributed by atoms with Gasteiger partial charge in [0, 0.05) is 10.6 Å². The van der Waals surface area contributed by atoms with Gasteiger partial charge in [-0.1, -0.05) is 84.9 Å². The molecule has 0 fully saturated rings. The Hall–Kier alpha value is -3.46. The lowest BCUT2D eigenvalue weighted by atomic mass is 9.98. The zero-order chi connectivity index (χ0) is 23.5. The summed E-state index contributed by atoms with van der Waals surface area (Å²) in [6.45, 7) is 0. The predicted molar refractivity (Wildman–Crippen MR) is 153 cm³/mol. The molecule has 0 bridgehead atoms. The van der Waals surface area contributed by atoms with Gasteiger partial charge < -0.3 is 0 Å². The molecule has 0 aromatic heterocycles. The highest BCUT2D eigenvalue weighted by Crippen LogP contribution is 2.35. The fourth-order valence-electron chi connectivity index (χ4n) is 4.61. The highest BCUT2D eigenvalue weighted by atomic mass is 32.2. The summed E-state index contributed by atoms with van der Waals surface area (Å²) in [6.07, 6.45) is 0. The Kier molecular flexibility index (Phi) is 6.32. The third kappa shape index (κ3) is 4.60. The summed E-state index contributed by atoms with van der Waals surface area (Å²) < 4.78 is 0. The van der Waals surface area contributed by atoms with Gasteiger partial charge in [0.05, 0.1) is 10.9 Å². The van der Waals surface area contributed by atoms with E-state index in [4.69, 9.17) is 0 Å². The second-order valence-corrected chi connectivity index (χ2v) is 11.6. The van der Waals surface area contributed by atoms with E-state index < -0.39 is 0 Å². The van der Waals surface area contributed by atoms with Gasteiger partial charge in [-0.3, -0.25) is 0 Å². The minimum Gasteiger partial charge on any atom is -0.121 e. The van der Waals surface area contributed by atoms with Gasteiger partial charge in [-0.05, 0) is 81.7 Å². The second kappa shape index (κ2) is 10.0. The van der Waals surface area contributed by atoms with Crippen LogP contribution in [0.5, 0.6) is 0 Å². The van der Waals surface area contributed by atoms with Crippen molar-refractivity contribution in [2.75, 3.05) is 0 Å². The lowest BCUT2D eigenvalue weighted by Gasteiger charge is -2.12. The molecule has 0 amide bonds. The minimum atomic E-state index is -0.109. The average molecular weight is 486 g/mol. The highest BCUT2D eigenvalue weighted by Gasteiger charge is 2.28. The van der Waals surface area contributed by atoms with Crippen molar-refractivity contribution in [3.05, 3.63) is 145 Å². The molecular formula is C33H25S2+. The molecular weight excluding hydrogens is 460 g/mol. The van der Waals surface area contributed by atoms with Gasteiger partial charge in [-0.25, -0.2) is 0 Å². The largest absolute Gasteiger partial charge is 0.166 e. The van der Waals surface area contributed by atoms with Gasteiger partial charge in [-0.2, -0.15) is 0 Å². The lowest BCUT2D eigenvalue weighted by molar-refractivity contribution is 1.28. The summed E-state index contributed by atoms with van der Waals surface area (Å²) >= 11 is 1.92. The molecule has 0 spiro atoms. The maximum Gasteiger partial charge on any atom is 0.166 e. The van der Waals surface area contributed by atoms with Gasteiger partial charge >= 0.3 is 0 Å². The molecule has 0 N–H and O–H groups in total. The van der Waals surface area contributed by atoms with Gasteiger partial charge in [0.25, 0.3) is 0 Å². The Bertz CT molecular complexity index is 1480. The number of fused-ring (bicyclic) bond motifs is 2. The fraction of sp³-hybridized carbons (Fsp3) is 0.0303. The first kappa shape index (κ1) is 22.0. The molecule has 2 heteroatoms. The maximum absolute atomic E-state index is 2.31. The average Bonchev–Trinajstić information content (AvgIpc) is 2.93. The molecule has 6 aromatic carbocycles. The Balaban J connectivity index is 1.31. The quantitative estimate of drug-likeness (QED) is 0.129. The van der Waals surface area contributed by atoms with Crippen molar-refractivity contribution in [2.24, 2.45) is 0 Å². The van der Waals surface area contributed by atoms with E-state index in [1.807, 2.05) is 11.8 Å². The second-order valence-electron chi connectivity index (χ2n) is 8.49. The number of hydrogen-bond acceptors (Lipinski definition) is 1. The van der Waals surface area contributed by atoms with E-state index in [1.165, 1.54) is 46.7 Å². The lowest BCUT2D eigenvalue weighted by Crippen LogP contribution is -2.04. The third-order valence-electron chi connectivity index (χ3n) is 6.28. The summed E-state index contributed by atoms with van der Waals surface area (Å²) in [4.78, 5) is 5.35. The Morgan fingerprint density at radius 2 is 0.914 bits per heavy atom. The molecule has 0 saturated heterocycles. The van der Waals surface area contributed by atoms with Crippen LogP contribution in [0.1, 0.15) is 5.56 Å². The zero-order valence-corrected chi connectivity index (χ0v) is 20.9. The molecule has 0 saturated carbocycles. The van der Waals surface area contributed by atoms with Crippen LogP contribution >= 0.6 is 11.8 Å². The number of rotatable bonds is 6. The molecule has 6 aromatic rings. The summed E-state index contributed by atoms with van der Waals surface area (Å²) in [5.41, 5.74) is 1.42. The van der Waals surface area contributed by atoms with Crippen LogP contribution in [0.15, 0.2) is 159 Å². The van der Waals surface area contributed by atoms with E-state index in [2.05, 4.69) is 140 Å². The first-order valence-corrected chi connectivity index (χ1v) is 14.0. The van der Waals surface area contributed by atoms with Crippen LogP contribution < -0.4 is 0 Å². The number of benzene rings is 6. The number of thioether (sulfide) groups is 1. The van der Waals surface area contributed by atoms with Gasteiger partial charge in [-0.15, -0.1) is 11.8 Å². The highest BCUT2D eigenvalue weighted by molar-refractivity contribution is 7.98. The Morgan fingerprint density at radius 1 is 0.457 bits per heavy atom. The molecule has 0 aliphatic heterocycles. The molecule has 0 atom stereocenters. The maximum atomic E-state index is 2.31. The summed E-state index contributed by atoms with van der Waals surface area (Å²) in [5.74, 6) is 0.949. The van der Waals surface area contributed by atoms with Crippen molar-refractivity contribution in [1.29, 1.82) is 0 Å². The first-order valence-electron chi connectivity index (χ1n) is 11.8.